The van der Waals surface area contributed by atoms with Crippen molar-refractivity contribution in [3.63, 3.8) is 0 Å². The molecule has 1 rings (SSSR count). The van der Waals surface area contributed by atoms with Crippen molar-refractivity contribution < 1.29 is 0 Å². The normalized spacial score (nSPS) is 10.4. The number of anilines is 1. The predicted octanol–water partition coefficient (Wildman–Crippen LogP) is 3.17. The van der Waals surface area contributed by atoms with Gasteiger partial charge in [0.15, 0.2) is 0 Å². The number of rotatable bonds is 7. The molecule has 0 unspecified atom stereocenters. The lowest BCUT2D eigenvalue weighted by Crippen LogP contribution is -2.32. The summed E-state index contributed by atoms with van der Waals surface area (Å²) in [4.78, 5) is 2.35. The molecule has 0 aromatic heterocycles. The van der Waals surface area contributed by atoms with Gasteiger partial charge in [0, 0.05) is 30.3 Å². The molecule has 1 N–H and O–H groups in total. The second kappa shape index (κ2) is 7.53. The third-order valence-corrected chi connectivity index (χ3v) is 2.81. The van der Waals surface area contributed by atoms with Crippen LogP contribution in [0.5, 0.6) is 0 Å². The Labute approximate surface area is 104 Å². The number of hydrogen-bond donors (Lipinski definition) is 1. The zero-order valence-electron chi connectivity index (χ0n) is 10.2. The van der Waals surface area contributed by atoms with Crippen molar-refractivity contribution >= 4 is 17.3 Å². The molecule has 0 radical (unpaired) electrons. The molecule has 1 aromatic rings. The van der Waals surface area contributed by atoms with Crippen LogP contribution in [0.25, 0.3) is 0 Å². The average Bonchev–Trinajstić information content (AvgIpc) is 2.31. The lowest BCUT2D eigenvalue weighted by molar-refractivity contribution is 0.655. The van der Waals surface area contributed by atoms with Gasteiger partial charge in [-0.05, 0) is 44.2 Å². The molecular formula is C13H21ClN2. The second-order valence-electron chi connectivity index (χ2n) is 3.81. The standard InChI is InChI=1S/C13H21ClN2/c1-3-9-15-10-11-16(4-2)13-7-5-12(14)6-8-13/h5-8,15H,3-4,9-11H2,1-2H3. The summed E-state index contributed by atoms with van der Waals surface area (Å²) in [5.41, 5.74) is 1.24. The van der Waals surface area contributed by atoms with E-state index in [0.717, 1.165) is 31.2 Å². The second-order valence-corrected chi connectivity index (χ2v) is 4.24. The molecule has 0 saturated carbocycles. The van der Waals surface area contributed by atoms with Crippen molar-refractivity contribution in [1.82, 2.24) is 5.32 Å². The fourth-order valence-electron chi connectivity index (χ4n) is 1.64. The molecule has 0 aliphatic heterocycles. The molecule has 0 heterocycles. The Morgan fingerprint density at radius 2 is 1.81 bits per heavy atom. The highest BCUT2D eigenvalue weighted by atomic mass is 35.5. The maximum atomic E-state index is 5.87. The molecule has 0 saturated heterocycles. The lowest BCUT2D eigenvalue weighted by Gasteiger charge is -2.23. The number of benzene rings is 1. The van der Waals surface area contributed by atoms with E-state index < -0.39 is 0 Å². The van der Waals surface area contributed by atoms with Crippen LogP contribution < -0.4 is 10.2 Å². The summed E-state index contributed by atoms with van der Waals surface area (Å²) in [6, 6.07) is 8.04. The van der Waals surface area contributed by atoms with E-state index in [2.05, 4.69) is 36.2 Å². The lowest BCUT2D eigenvalue weighted by atomic mass is 10.3. The summed E-state index contributed by atoms with van der Waals surface area (Å²) in [5, 5.41) is 4.21. The van der Waals surface area contributed by atoms with Crippen molar-refractivity contribution in [1.29, 1.82) is 0 Å². The molecule has 0 atom stereocenters. The Balaban J connectivity index is 2.44. The molecule has 2 nitrogen and oxygen atoms in total. The quantitative estimate of drug-likeness (QED) is 0.737. The van der Waals surface area contributed by atoms with Gasteiger partial charge in [-0.15, -0.1) is 0 Å². The van der Waals surface area contributed by atoms with Crippen molar-refractivity contribution in [2.45, 2.75) is 20.3 Å². The van der Waals surface area contributed by atoms with Gasteiger partial charge in [-0.3, -0.25) is 0 Å². The zero-order chi connectivity index (χ0) is 11.8. The number of nitrogens with zero attached hydrogens (tertiary/aromatic N) is 1. The van der Waals surface area contributed by atoms with E-state index in [9.17, 15) is 0 Å². The van der Waals surface area contributed by atoms with Crippen LogP contribution in [0.4, 0.5) is 5.69 Å². The maximum absolute atomic E-state index is 5.87. The topological polar surface area (TPSA) is 15.3 Å². The molecule has 16 heavy (non-hydrogen) atoms. The van der Waals surface area contributed by atoms with Gasteiger partial charge in [0.25, 0.3) is 0 Å². The minimum atomic E-state index is 0.795. The molecule has 3 heteroatoms. The number of likely N-dealkylation sites (N-methyl/N-ethyl adjacent to an activating group) is 1. The monoisotopic (exact) mass is 240 g/mol. The fraction of sp³-hybridized carbons (Fsp3) is 0.538. The van der Waals surface area contributed by atoms with E-state index in [1.165, 1.54) is 12.1 Å². The first-order valence-electron chi connectivity index (χ1n) is 5.99. The molecule has 0 fully saturated rings. The smallest absolute Gasteiger partial charge is 0.0407 e. The van der Waals surface area contributed by atoms with Crippen molar-refractivity contribution in [2.24, 2.45) is 0 Å². The maximum Gasteiger partial charge on any atom is 0.0407 e. The van der Waals surface area contributed by atoms with E-state index >= 15 is 0 Å². The Bertz CT molecular complexity index is 284. The summed E-state index contributed by atoms with van der Waals surface area (Å²) in [6.07, 6.45) is 1.19. The molecule has 0 bridgehead atoms. The van der Waals surface area contributed by atoms with Crippen LogP contribution in [-0.2, 0) is 0 Å². The van der Waals surface area contributed by atoms with Gasteiger partial charge in [-0.1, -0.05) is 18.5 Å². The number of halogens is 1. The van der Waals surface area contributed by atoms with Crippen LogP contribution in [0.15, 0.2) is 24.3 Å². The van der Waals surface area contributed by atoms with Crippen molar-refractivity contribution in [2.75, 3.05) is 31.1 Å². The third-order valence-electron chi connectivity index (χ3n) is 2.56. The summed E-state index contributed by atoms with van der Waals surface area (Å²) >= 11 is 5.87. The van der Waals surface area contributed by atoms with Crippen LogP contribution in [0.1, 0.15) is 20.3 Å². The van der Waals surface area contributed by atoms with Gasteiger partial charge >= 0.3 is 0 Å². The number of nitrogens with one attached hydrogen (secondary N) is 1. The molecule has 0 spiro atoms. The van der Waals surface area contributed by atoms with Crippen molar-refractivity contribution in [3.05, 3.63) is 29.3 Å². The number of hydrogen-bond acceptors (Lipinski definition) is 2. The summed E-state index contributed by atoms with van der Waals surface area (Å²) in [5.74, 6) is 0. The summed E-state index contributed by atoms with van der Waals surface area (Å²) in [7, 11) is 0. The first-order chi connectivity index (χ1) is 7.77. The van der Waals surface area contributed by atoms with Crippen LogP contribution >= 0.6 is 11.6 Å². The van der Waals surface area contributed by atoms with Crippen LogP contribution in [0, 0.1) is 0 Å². The van der Waals surface area contributed by atoms with Crippen molar-refractivity contribution in [3.8, 4) is 0 Å². The van der Waals surface area contributed by atoms with Gasteiger partial charge in [-0.2, -0.15) is 0 Å². The van der Waals surface area contributed by atoms with Gasteiger partial charge in [-0.25, -0.2) is 0 Å². The van der Waals surface area contributed by atoms with Gasteiger partial charge in [0.1, 0.15) is 0 Å². The van der Waals surface area contributed by atoms with Gasteiger partial charge in [0.05, 0.1) is 0 Å². The zero-order valence-corrected chi connectivity index (χ0v) is 10.9. The molecule has 90 valence electrons. The molecule has 1 aromatic carbocycles. The highest BCUT2D eigenvalue weighted by Gasteiger charge is 2.02. The minimum Gasteiger partial charge on any atom is -0.371 e. The Kier molecular flexibility index (Phi) is 6.27. The highest BCUT2D eigenvalue weighted by molar-refractivity contribution is 6.30. The van der Waals surface area contributed by atoms with E-state index in [1.807, 2.05) is 12.1 Å². The Morgan fingerprint density at radius 1 is 1.12 bits per heavy atom. The molecule has 0 amide bonds. The fourth-order valence-corrected chi connectivity index (χ4v) is 1.76. The molecule has 0 aliphatic carbocycles. The summed E-state index contributed by atoms with van der Waals surface area (Å²) < 4.78 is 0. The average molecular weight is 241 g/mol. The first kappa shape index (κ1) is 13.3. The highest BCUT2D eigenvalue weighted by Crippen LogP contribution is 2.17. The van der Waals surface area contributed by atoms with Crippen LogP contribution in [0.2, 0.25) is 5.02 Å². The SMILES string of the molecule is CCCNCCN(CC)c1ccc(Cl)cc1. The minimum absolute atomic E-state index is 0.795. The third kappa shape index (κ3) is 4.42. The predicted molar refractivity (Wildman–Crippen MR) is 72.5 cm³/mol. The van der Waals surface area contributed by atoms with E-state index in [0.29, 0.717) is 0 Å². The molecule has 0 aliphatic rings. The van der Waals surface area contributed by atoms with E-state index in [4.69, 9.17) is 11.6 Å². The van der Waals surface area contributed by atoms with Gasteiger partial charge in [0.2, 0.25) is 0 Å². The van der Waals surface area contributed by atoms with Gasteiger partial charge < -0.3 is 10.2 Å². The largest absolute Gasteiger partial charge is 0.371 e. The Morgan fingerprint density at radius 3 is 2.38 bits per heavy atom. The van der Waals surface area contributed by atoms with E-state index in [1.54, 1.807) is 0 Å². The Hall–Kier alpha value is -0.730. The molecular weight excluding hydrogens is 220 g/mol. The van der Waals surface area contributed by atoms with Crippen LogP contribution in [-0.4, -0.2) is 26.2 Å². The first-order valence-corrected chi connectivity index (χ1v) is 6.37. The summed E-state index contributed by atoms with van der Waals surface area (Å²) in [6.45, 7) is 8.55. The van der Waals surface area contributed by atoms with E-state index in [-0.39, 0.29) is 0 Å². The van der Waals surface area contributed by atoms with Crippen LogP contribution in [0.3, 0.4) is 0 Å².